The number of aromatic nitrogens is 2. The molecule has 8 heteroatoms. The van der Waals surface area contributed by atoms with Crippen molar-refractivity contribution in [3.8, 4) is 5.75 Å². The number of carbonyl (C=O) groups is 1. The summed E-state index contributed by atoms with van der Waals surface area (Å²) in [5, 5.41) is 6.06. The molecule has 0 bridgehead atoms. The van der Waals surface area contributed by atoms with E-state index >= 15 is 0 Å². The molecule has 2 heterocycles. The van der Waals surface area contributed by atoms with E-state index in [1.807, 2.05) is 38.4 Å². The van der Waals surface area contributed by atoms with Crippen LogP contribution in [-0.4, -0.2) is 67.8 Å². The van der Waals surface area contributed by atoms with Crippen molar-refractivity contribution >= 4 is 12.0 Å². The van der Waals surface area contributed by atoms with Crippen molar-refractivity contribution in [3.05, 3.63) is 48.3 Å². The van der Waals surface area contributed by atoms with E-state index in [0.29, 0.717) is 25.0 Å². The Kier molecular flexibility index (Phi) is 6.65. The highest BCUT2D eigenvalue weighted by Crippen LogP contribution is 2.21. The molecule has 2 aromatic rings. The van der Waals surface area contributed by atoms with Crippen LogP contribution >= 0.6 is 0 Å². The summed E-state index contributed by atoms with van der Waals surface area (Å²) in [5.41, 5.74) is 0.991. The fraction of sp³-hybridized carbons (Fsp3) is 0.450. The third-order valence-electron chi connectivity index (χ3n) is 4.78. The van der Waals surface area contributed by atoms with Gasteiger partial charge in [0.1, 0.15) is 5.75 Å². The lowest BCUT2D eigenvalue weighted by Crippen LogP contribution is -2.47. The molecule has 0 spiro atoms. The minimum atomic E-state index is -0.174. The van der Waals surface area contributed by atoms with E-state index in [9.17, 15) is 4.79 Å². The molecule has 1 aliphatic rings. The van der Waals surface area contributed by atoms with E-state index in [2.05, 4.69) is 30.4 Å². The predicted octanol–water partition coefficient (Wildman–Crippen LogP) is 1.35. The van der Waals surface area contributed by atoms with Gasteiger partial charge in [-0.25, -0.2) is 14.8 Å². The van der Waals surface area contributed by atoms with Crippen LogP contribution in [0.4, 0.5) is 10.7 Å². The minimum absolute atomic E-state index is 0.0246. The monoisotopic (exact) mass is 384 g/mol. The first-order chi connectivity index (χ1) is 13.5. The Bertz CT molecular complexity index is 770. The molecule has 0 aliphatic carbocycles. The largest absolute Gasteiger partial charge is 0.497 e. The molecule has 1 aliphatic heterocycles. The maximum Gasteiger partial charge on any atom is 0.315 e. The second-order valence-corrected chi connectivity index (χ2v) is 7.26. The zero-order valence-corrected chi connectivity index (χ0v) is 16.6. The van der Waals surface area contributed by atoms with Crippen LogP contribution in [0.25, 0.3) is 0 Å². The molecule has 2 atom stereocenters. The summed E-state index contributed by atoms with van der Waals surface area (Å²) in [6, 6.07) is 9.33. The average molecular weight is 384 g/mol. The first kappa shape index (κ1) is 19.9. The minimum Gasteiger partial charge on any atom is -0.497 e. The standard InChI is InChI=1S/C20H28N6O2/c1-25(2)12-16-13-26(19-21-8-5-9-22-19)14-18(16)24-20(27)23-11-15-6-4-7-17(10-15)28-3/h4-10,16,18H,11-14H2,1-3H3,(H2,23,24,27)/t16-,18-/m1/s1. The third-order valence-corrected chi connectivity index (χ3v) is 4.78. The summed E-state index contributed by atoms with van der Waals surface area (Å²) in [5.74, 6) is 1.77. The molecule has 1 aromatic carbocycles. The number of ether oxygens (including phenoxy) is 1. The second kappa shape index (κ2) is 9.36. The van der Waals surface area contributed by atoms with Crippen molar-refractivity contribution in [2.75, 3.05) is 45.7 Å². The van der Waals surface area contributed by atoms with Gasteiger partial charge in [-0.2, -0.15) is 0 Å². The maximum atomic E-state index is 12.5. The molecule has 0 saturated carbocycles. The van der Waals surface area contributed by atoms with Gasteiger partial charge in [0.05, 0.1) is 13.2 Å². The number of anilines is 1. The lowest BCUT2D eigenvalue weighted by atomic mass is 10.0. The van der Waals surface area contributed by atoms with E-state index in [0.717, 1.165) is 24.4 Å². The predicted molar refractivity (Wildman–Crippen MR) is 108 cm³/mol. The molecule has 1 aromatic heterocycles. The van der Waals surface area contributed by atoms with E-state index in [1.54, 1.807) is 25.6 Å². The van der Waals surface area contributed by atoms with E-state index in [-0.39, 0.29) is 12.1 Å². The van der Waals surface area contributed by atoms with Crippen LogP contribution in [-0.2, 0) is 6.54 Å². The summed E-state index contributed by atoms with van der Waals surface area (Å²) in [4.78, 5) is 25.4. The van der Waals surface area contributed by atoms with Gasteiger partial charge in [-0.3, -0.25) is 0 Å². The second-order valence-electron chi connectivity index (χ2n) is 7.26. The number of carbonyl (C=O) groups excluding carboxylic acids is 1. The Morgan fingerprint density at radius 3 is 2.75 bits per heavy atom. The highest BCUT2D eigenvalue weighted by atomic mass is 16.5. The van der Waals surface area contributed by atoms with Gasteiger partial charge in [-0.1, -0.05) is 12.1 Å². The van der Waals surface area contributed by atoms with Crippen LogP contribution in [0.5, 0.6) is 5.75 Å². The molecular formula is C20H28N6O2. The van der Waals surface area contributed by atoms with Gasteiger partial charge in [0, 0.05) is 44.5 Å². The Morgan fingerprint density at radius 2 is 2.04 bits per heavy atom. The Morgan fingerprint density at radius 1 is 1.25 bits per heavy atom. The average Bonchev–Trinajstić information content (AvgIpc) is 3.09. The number of hydrogen-bond acceptors (Lipinski definition) is 6. The van der Waals surface area contributed by atoms with Crippen molar-refractivity contribution in [1.29, 1.82) is 0 Å². The van der Waals surface area contributed by atoms with Gasteiger partial charge in [0.2, 0.25) is 5.95 Å². The van der Waals surface area contributed by atoms with Crippen LogP contribution < -0.4 is 20.3 Å². The Hall–Kier alpha value is -2.87. The highest BCUT2D eigenvalue weighted by molar-refractivity contribution is 5.74. The third kappa shape index (κ3) is 5.32. The SMILES string of the molecule is COc1cccc(CNC(=O)N[C@@H]2CN(c3ncccn3)C[C@H]2CN(C)C)c1. The molecule has 0 radical (unpaired) electrons. The number of rotatable bonds is 7. The van der Waals surface area contributed by atoms with Gasteiger partial charge in [0.15, 0.2) is 0 Å². The van der Waals surface area contributed by atoms with Crippen molar-refractivity contribution in [1.82, 2.24) is 25.5 Å². The number of methoxy groups -OCH3 is 1. The van der Waals surface area contributed by atoms with Gasteiger partial charge in [-0.15, -0.1) is 0 Å². The zero-order valence-electron chi connectivity index (χ0n) is 16.6. The summed E-state index contributed by atoms with van der Waals surface area (Å²) < 4.78 is 5.22. The molecule has 8 nitrogen and oxygen atoms in total. The van der Waals surface area contributed by atoms with Gasteiger partial charge < -0.3 is 25.2 Å². The van der Waals surface area contributed by atoms with Crippen LogP contribution in [0.2, 0.25) is 0 Å². The highest BCUT2D eigenvalue weighted by Gasteiger charge is 2.35. The number of hydrogen-bond donors (Lipinski definition) is 2. The molecule has 1 saturated heterocycles. The number of nitrogens with zero attached hydrogens (tertiary/aromatic N) is 4. The van der Waals surface area contributed by atoms with Crippen molar-refractivity contribution in [3.63, 3.8) is 0 Å². The van der Waals surface area contributed by atoms with Gasteiger partial charge in [-0.05, 0) is 37.9 Å². The molecule has 2 amide bonds. The number of urea groups is 1. The molecule has 2 N–H and O–H groups in total. The number of nitrogens with one attached hydrogen (secondary N) is 2. The first-order valence-electron chi connectivity index (χ1n) is 9.39. The van der Waals surface area contributed by atoms with Crippen LogP contribution in [0, 0.1) is 5.92 Å². The van der Waals surface area contributed by atoms with Crippen molar-refractivity contribution in [2.24, 2.45) is 5.92 Å². The summed E-state index contributed by atoms with van der Waals surface area (Å²) in [6.45, 7) is 2.82. The smallest absolute Gasteiger partial charge is 0.315 e. The topological polar surface area (TPSA) is 82.6 Å². The van der Waals surface area contributed by atoms with Crippen LogP contribution in [0.15, 0.2) is 42.7 Å². The van der Waals surface area contributed by atoms with E-state index in [1.165, 1.54) is 0 Å². The molecule has 150 valence electrons. The fourth-order valence-corrected chi connectivity index (χ4v) is 3.49. The Balaban J connectivity index is 1.58. The summed E-state index contributed by atoms with van der Waals surface area (Å²) in [7, 11) is 5.72. The lowest BCUT2D eigenvalue weighted by molar-refractivity contribution is 0.230. The maximum absolute atomic E-state index is 12.5. The fourth-order valence-electron chi connectivity index (χ4n) is 3.49. The van der Waals surface area contributed by atoms with Crippen molar-refractivity contribution < 1.29 is 9.53 Å². The quantitative estimate of drug-likeness (QED) is 0.750. The lowest BCUT2D eigenvalue weighted by Gasteiger charge is -2.22. The van der Waals surface area contributed by atoms with Gasteiger partial charge in [0.25, 0.3) is 0 Å². The first-order valence-corrected chi connectivity index (χ1v) is 9.39. The van der Waals surface area contributed by atoms with Crippen LogP contribution in [0.1, 0.15) is 5.56 Å². The van der Waals surface area contributed by atoms with Gasteiger partial charge >= 0.3 is 6.03 Å². The number of benzene rings is 1. The summed E-state index contributed by atoms with van der Waals surface area (Å²) >= 11 is 0. The molecule has 28 heavy (non-hydrogen) atoms. The number of amides is 2. The molecule has 3 rings (SSSR count). The molecule has 0 unspecified atom stereocenters. The zero-order chi connectivity index (χ0) is 19.9. The molecule has 1 fully saturated rings. The normalized spacial score (nSPS) is 18.9. The van der Waals surface area contributed by atoms with Crippen LogP contribution in [0.3, 0.4) is 0 Å². The van der Waals surface area contributed by atoms with Crippen molar-refractivity contribution in [2.45, 2.75) is 12.6 Å². The van der Waals surface area contributed by atoms with E-state index in [4.69, 9.17) is 4.74 Å². The molecular weight excluding hydrogens is 356 g/mol. The summed E-state index contributed by atoms with van der Waals surface area (Å²) in [6.07, 6.45) is 3.48. The Labute approximate surface area is 165 Å². The van der Waals surface area contributed by atoms with E-state index < -0.39 is 0 Å².